The maximum absolute atomic E-state index is 14.3. The van der Waals surface area contributed by atoms with Crippen LogP contribution in [-0.2, 0) is 4.84 Å². The summed E-state index contributed by atoms with van der Waals surface area (Å²) in [7, 11) is 0. The van der Waals surface area contributed by atoms with Crippen LogP contribution in [0.5, 0.6) is 0 Å². The number of aryl methyl sites for hydroxylation is 1. The number of nitrogens with one attached hydrogen (secondary N) is 2. The van der Waals surface area contributed by atoms with Gasteiger partial charge in [-0.05, 0) is 37.1 Å². The van der Waals surface area contributed by atoms with E-state index in [0.717, 1.165) is 16.9 Å². The maximum atomic E-state index is 14.3. The molecular formula is C22H31FN2O4S. The zero-order valence-electron chi connectivity index (χ0n) is 18.6. The quantitative estimate of drug-likeness (QED) is 0.316. The van der Waals surface area contributed by atoms with Crippen molar-refractivity contribution in [1.29, 1.82) is 0 Å². The van der Waals surface area contributed by atoms with E-state index < -0.39 is 17.1 Å². The van der Waals surface area contributed by atoms with Gasteiger partial charge in [-0.15, -0.1) is 11.3 Å². The van der Waals surface area contributed by atoms with Gasteiger partial charge in [0.1, 0.15) is 10.8 Å². The molecule has 0 aliphatic heterocycles. The molecule has 8 heteroatoms. The Morgan fingerprint density at radius 3 is 2.37 bits per heavy atom. The number of amides is 1. The number of ketones is 1. The summed E-state index contributed by atoms with van der Waals surface area (Å²) in [4.78, 5) is 30.8. The highest BCUT2D eigenvalue weighted by atomic mass is 32.1. The van der Waals surface area contributed by atoms with Gasteiger partial charge in [-0.2, -0.15) is 0 Å². The second-order valence-corrected chi connectivity index (χ2v) is 8.47. The number of thiophene rings is 1. The Bertz CT molecular complexity index is 888. The number of halogens is 1. The number of aliphatic hydroxyl groups excluding tert-OH is 1. The molecule has 1 heterocycles. The zero-order chi connectivity index (χ0) is 23.1. The predicted molar refractivity (Wildman–Crippen MR) is 119 cm³/mol. The van der Waals surface area contributed by atoms with Crippen molar-refractivity contribution >= 4 is 33.7 Å². The van der Waals surface area contributed by atoms with Gasteiger partial charge in [-0.3, -0.25) is 14.4 Å². The number of carbonyl (C=O) groups is 2. The fraction of sp³-hybridized carbons (Fsp3) is 0.455. The Morgan fingerprint density at radius 1 is 1.20 bits per heavy atom. The number of rotatable bonds is 7. The lowest BCUT2D eigenvalue weighted by Crippen LogP contribution is -2.26. The van der Waals surface area contributed by atoms with Crippen LogP contribution in [0.25, 0.3) is 0 Å². The van der Waals surface area contributed by atoms with Crippen LogP contribution in [0.2, 0.25) is 0 Å². The number of Topliss-reactive ketones (excluding diaryl/α,β-unsaturated/α-hetero) is 1. The smallest absolute Gasteiger partial charge is 0.278 e. The van der Waals surface area contributed by atoms with Crippen molar-refractivity contribution in [2.24, 2.45) is 5.41 Å². The van der Waals surface area contributed by atoms with Crippen LogP contribution in [0, 0.1) is 25.1 Å². The van der Waals surface area contributed by atoms with Crippen LogP contribution < -0.4 is 10.8 Å². The molecule has 0 saturated carbocycles. The highest BCUT2D eigenvalue weighted by Crippen LogP contribution is 2.38. The lowest BCUT2D eigenvalue weighted by molar-refractivity contribution is 0.0169. The number of hydroxylamine groups is 1. The Labute approximate surface area is 181 Å². The van der Waals surface area contributed by atoms with Crippen molar-refractivity contribution in [3.8, 4) is 0 Å². The third kappa shape index (κ3) is 6.35. The van der Waals surface area contributed by atoms with Gasteiger partial charge in [0.25, 0.3) is 5.91 Å². The topological polar surface area (TPSA) is 87.7 Å². The summed E-state index contributed by atoms with van der Waals surface area (Å²) in [5, 5.41) is 12.1. The second-order valence-electron chi connectivity index (χ2n) is 7.45. The lowest BCUT2D eigenvalue weighted by Gasteiger charge is -2.15. The molecule has 0 spiro atoms. The predicted octanol–water partition coefficient (Wildman–Crippen LogP) is 5.16. The molecule has 0 aliphatic rings. The molecule has 0 atom stereocenters. The molecule has 30 heavy (non-hydrogen) atoms. The minimum absolute atomic E-state index is 0.0714. The number of carbonyl (C=O) groups excluding carboxylic acids is 2. The highest BCUT2D eigenvalue weighted by Gasteiger charge is 2.31. The molecule has 1 aromatic heterocycles. The zero-order valence-corrected chi connectivity index (χ0v) is 19.4. The van der Waals surface area contributed by atoms with Crippen LogP contribution in [0.4, 0.5) is 15.1 Å². The normalized spacial score (nSPS) is 10.8. The van der Waals surface area contributed by atoms with Gasteiger partial charge < -0.3 is 10.4 Å². The molecular weight excluding hydrogens is 407 g/mol. The Kier molecular flexibility index (Phi) is 9.61. The highest BCUT2D eigenvalue weighted by molar-refractivity contribution is 7.18. The number of hydrogen-bond donors (Lipinski definition) is 3. The average molecular weight is 439 g/mol. The van der Waals surface area contributed by atoms with Crippen LogP contribution in [0.15, 0.2) is 18.2 Å². The van der Waals surface area contributed by atoms with Crippen LogP contribution in [0.1, 0.15) is 65.8 Å². The molecule has 3 N–H and O–H groups in total. The minimum atomic E-state index is -0.636. The molecule has 2 rings (SSSR count). The molecule has 1 amide bonds. The van der Waals surface area contributed by atoms with Crippen molar-refractivity contribution in [3.05, 3.63) is 45.6 Å². The Morgan fingerprint density at radius 2 is 1.83 bits per heavy atom. The van der Waals surface area contributed by atoms with Crippen LogP contribution >= 0.6 is 11.3 Å². The fourth-order valence-corrected chi connectivity index (χ4v) is 3.86. The second kappa shape index (κ2) is 11.2. The molecule has 166 valence electrons. The van der Waals surface area contributed by atoms with E-state index in [2.05, 4.69) is 10.8 Å². The van der Waals surface area contributed by atoms with Gasteiger partial charge in [0.2, 0.25) is 0 Å². The number of anilines is 2. The van der Waals surface area contributed by atoms with Crippen LogP contribution in [0.3, 0.4) is 0 Å². The summed E-state index contributed by atoms with van der Waals surface area (Å²) in [6, 6.07) is 4.71. The van der Waals surface area contributed by atoms with Gasteiger partial charge in [0.15, 0.2) is 5.78 Å². The molecule has 0 bridgehead atoms. The molecule has 6 nitrogen and oxygen atoms in total. The SMILES string of the molecule is CC.Cc1ccc(Nc2sc(C(=O)C(C)(C)C)c(C)c2C(=O)NOCCO)c(F)c1. The van der Waals surface area contributed by atoms with E-state index in [1.165, 1.54) is 6.07 Å². The van der Waals surface area contributed by atoms with Crippen molar-refractivity contribution < 1.29 is 23.9 Å². The van der Waals surface area contributed by atoms with Gasteiger partial charge in [0.05, 0.1) is 29.3 Å². The minimum Gasteiger partial charge on any atom is -0.394 e. The molecule has 0 radical (unpaired) electrons. The molecule has 0 unspecified atom stereocenters. The van der Waals surface area contributed by atoms with E-state index in [9.17, 15) is 14.0 Å². The van der Waals surface area contributed by atoms with Gasteiger partial charge >= 0.3 is 0 Å². The fourth-order valence-electron chi connectivity index (χ4n) is 2.49. The Hall–Kier alpha value is -2.29. The molecule has 1 aromatic carbocycles. The third-order valence-electron chi connectivity index (χ3n) is 3.99. The van der Waals surface area contributed by atoms with E-state index in [4.69, 9.17) is 9.94 Å². The molecule has 0 saturated heterocycles. The summed E-state index contributed by atoms with van der Waals surface area (Å²) in [5.74, 6) is -1.15. The maximum Gasteiger partial charge on any atom is 0.278 e. The average Bonchev–Trinajstić information content (AvgIpc) is 3.00. The summed E-state index contributed by atoms with van der Waals surface area (Å²) < 4.78 is 14.3. The van der Waals surface area contributed by atoms with Gasteiger partial charge in [-0.1, -0.05) is 40.7 Å². The van der Waals surface area contributed by atoms with E-state index in [-0.39, 0.29) is 30.2 Å². The van der Waals surface area contributed by atoms with Crippen molar-refractivity contribution in [2.75, 3.05) is 18.5 Å². The van der Waals surface area contributed by atoms with E-state index in [1.807, 2.05) is 13.8 Å². The van der Waals surface area contributed by atoms with E-state index in [0.29, 0.717) is 15.4 Å². The Balaban J connectivity index is 0.00000218. The first-order valence-corrected chi connectivity index (χ1v) is 10.6. The monoisotopic (exact) mass is 438 g/mol. The first-order valence-electron chi connectivity index (χ1n) is 9.80. The first-order chi connectivity index (χ1) is 14.1. The van der Waals surface area contributed by atoms with Crippen molar-refractivity contribution in [3.63, 3.8) is 0 Å². The van der Waals surface area contributed by atoms with Crippen molar-refractivity contribution in [1.82, 2.24) is 5.48 Å². The van der Waals surface area contributed by atoms with Gasteiger partial charge in [-0.25, -0.2) is 9.87 Å². The summed E-state index contributed by atoms with van der Waals surface area (Å²) in [6.07, 6.45) is 0. The van der Waals surface area contributed by atoms with Crippen molar-refractivity contribution in [2.45, 2.75) is 48.5 Å². The van der Waals surface area contributed by atoms with E-state index >= 15 is 0 Å². The lowest BCUT2D eigenvalue weighted by atomic mass is 9.88. The summed E-state index contributed by atoms with van der Waals surface area (Å²) in [5.41, 5.74) is 3.27. The molecule has 0 aliphatic carbocycles. The number of benzene rings is 1. The number of aliphatic hydroxyl groups is 1. The van der Waals surface area contributed by atoms with Gasteiger partial charge in [0, 0.05) is 5.41 Å². The number of hydrogen-bond acceptors (Lipinski definition) is 6. The molecule has 0 fully saturated rings. The first kappa shape index (κ1) is 25.7. The van der Waals surface area contributed by atoms with E-state index in [1.54, 1.807) is 46.8 Å². The van der Waals surface area contributed by atoms with Crippen LogP contribution in [-0.4, -0.2) is 30.0 Å². The standard InChI is InChI=1S/C20H25FN2O4S.C2H6/c1-11-6-7-14(13(21)10-11)22-19-15(18(26)23-27-9-8-24)12(2)16(28-19)17(25)20(3,4)5;1-2/h6-7,10,22,24H,8-9H2,1-5H3,(H,23,26);1-2H3. The third-order valence-corrected chi connectivity index (χ3v) is 5.20. The summed E-state index contributed by atoms with van der Waals surface area (Å²) in [6.45, 7) is 12.5. The molecule has 2 aromatic rings. The summed E-state index contributed by atoms with van der Waals surface area (Å²) >= 11 is 1.10. The largest absolute Gasteiger partial charge is 0.394 e.